The summed E-state index contributed by atoms with van der Waals surface area (Å²) in [5.74, 6) is -2.49. The molecule has 0 radical (unpaired) electrons. The number of hydrogen-bond donors (Lipinski definition) is 1. The Morgan fingerprint density at radius 2 is 2.14 bits per heavy atom. The first kappa shape index (κ1) is 14.4. The van der Waals surface area contributed by atoms with E-state index in [0.29, 0.717) is 19.0 Å². The topological polar surface area (TPSA) is 63.1 Å². The van der Waals surface area contributed by atoms with E-state index in [1.54, 1.807) is 15.8 Å². The molecule has 0 spiro atoms. The van der Waals surface area contributed by atoms with E-state index in [4.69, 9.17) is 0 Å². The summed E-state index contributed by atoms with van der Waals surface area (Å²) in [4.78, 5) is 13.9. The Morgan fingerprint density at radius 1 is 1.38 bits per heavy atom. The summed E-state index contributed by atoms with van der Waals surface area (Å²) in [6, 6.07) is -0.730. The molecule has 21 heavy (non-hydrogen) atoms. The monoisotopic (exact) mass is 299 g/mol. The number of amides is 1. The number of aromatic nitrogens is 3. The van der Waals surface area contributed by atoms with E-state index < -0.39 is 18.5 Å². The van der Waals surface area contributed by atoms with Crippen molar-refractivity contribution in [3.63, 3.8) is 0 Å². The molecule has 3 rings (SSSR count). The minimum Gasteiger partial charge on any atom is -0.341 e. The molecule has 2 fully saturated rings. The minimum atomic E-state index is -2.76. The summed E-state index contributed by atoms with van der Waals surface area (Å²) >= 11 is 0. The van der Waals surface area contributed by atoms with Crippen LogP contribution in [0.3, 0.4) is 0 Å². The van der Waals surface area contributed by atoms with Crippen LogP contribution in [0.25, 0.3) is 0 Å². The molecule has 1 unspecified atom stereocenters. The Morgan fingerprint density at radius 3 is 2.71 bits per heavy atom. The molecule has 2 saturated heterocycles. The number of hydrogen-bond acceptors (Lipinski definition) is 4. The molecule has 0 saturated carbocycles. The Hall–Kier alpha value is -1.57. The molecule has 1 N–H and O–H groups in total. The van der Waals surface area contributed by atoms with Gasteiger partial charge in [0, 0.05) is 32.3 Å². The highest BCUT2D eigenvalue weighted by Crippen LogP contribution is 2.27. The van der Waals surface area contributed by atoms with Crippen molar-refractivity contribution in [3.8, 4) is 0 Å². The highest BCUT2D eigenvalue weighted by atomic mass is 19.3. The van der Waals surface area contributed by atoms with E-state index >= 15 is 0 Å². The van der Waals surface area contributed by atoms with Crippen LogP contribution in [0, 0.1) is 5.92 Å². The zero-order valence-corrected chi connectivity index (χ0v) is 11.7. The first-order chi connectivity index (χ1) is 10.0. The van der Waals surface area contributed by atoms with Crippen LogP contribution in [-0.2, 0) is 11.3 Å². The van der Waals surface area contributed by atoms with Crippen molar-refractivity contribution in [1.29, 1.82) is 0 Å². The predicted octanol–water partition coefficient (Wildman–Crippen LogP) is 0.514. The van der Waals surface area contributed by atoms with Crippen LogP contribution < -0.4 is 5.32 Å². The van der Waals surface area contributed by atoms with Gasteiger partial charge in [-0.25, -0.2) is 8.78 Å². The van der Waals surface area contributed by atoms with E-state index in [9.17, 15) is 13.6 Å². The van der Waals surface area contributed by atoms with E-state index in [0.717, 1.165) is 19.4 Å². The largest absolute Gasteiger partial charge is 0.341 e. The van der Waals surface area contributed by atoms with Crippen LogP contribution in [0.15, 0.2) is 12.4 Å². The number of rotatable bonds is 3. The summed E-state index contributed by atoms with van der Waals surface area (Å²) in [5, 5.41) is 10.3. The quantitative estimate of drug-likeness (QED) is 0.883. The van der Waals surface area contributed by atoms with Crippen LogP contribution in [0.1, 0.15) is 19.3 Å². The fourth-order valence-electron chi connectivity index (χ4n) is 3.04. The van der Waals surface area contributed by atoms with Gasteiger partial charge in [-0.1, -0.05) is 5.21 Å². The van der Waals surface area contributed by atoms with Gasteiger partial charge in [-0.05, 0) is 18.8 Å². The molecular weight excluding hydrogens is 280 g/mol. The Balaban J connectivity index is 1.48. The normalized spacial score (nSPS) is 26.2. The minimum absolute atomic E-state index is 0.189. The molecule has 3 heterocycles. The van der Waals surface area contributed by atoms with Gasteiger partial charge in [0.15, 0.2) is 0 Å². The van der Waals surface area contributed by atoms with E-state index in [2.05, 4.69) is 15.6 Å². The van der Waals surface area contributed by atoms with Crippen molar-refractivity contribution in [2.45, 2.75) is 37.8 Å². The molecule has 116 valence electrons. The van der Waals surface area contributed by atoms with Gasteiger partial charge in [0.2, 0.25) is 5.91 Å². The van der Waals surface area contributed by atoms with Gasteiger partial charge in [0.05, 0.1) is 18.8 Å². The lowest BCUT2D eigenvalue weighted by atomic mass is 9.96. The van der Waals surface area contributed by atoms with Crippen molar-refractivity contribution in [3.05, 3.63) is 12.4 Å². The van der Waals surface area contributed by atoms with Crippen LogP contribution in [0.5, 0.6) is 0 Å². The number of halogens is 2. The van der Waals surface area contributed by atoms with E-state index in [-0.39, 0.29) is 12.3 Å². The van der Waals surface area contributed by atoms with Crippen molar-refractivity contribution in [2.75, 3.05) is 19.6 Å². The molecule has 8 heteroatoms. The Bertz CT molecular complexity index is 485. The summed E-state index contributed by atoms with van der Waals surface area (Å²) in [6.45, 7) is 1.65. The summed E-state index contributed by atoms with van der Waals surface area (Å²) < 4.78 is 28.1. The molecule has 0 aliphatic carbocycles. The van der Waals surface area contributed by atoms with Crippen molar-refractivity contribution >= 4 is 5.91 Å². The molecular formula is C13H19F2N5O. The third kappa shape index (κ3) is 3.37. The van der Waals surface area contributed by atoms with Gasteiger partial charge in [-0.2, -0.15) is 0 Å². The predicted molar refractivity (Wildman–Crippen MR) is 70.7 cm³/mol. The third-order valence-corrected chi connectivity index (χ3v) is 4.25. The van der Waals surface area contributed by atoms with E-state index in [1.165, 1.54) is 0 Å². The molecule has 6 nitrogen and oxygen atoms in total. The maximum absolute atomic E-state index is 13.1. The summed E-state index contributed by atoms with van der Waals surface area (Å²) in [6.07, 6.45) is 4.82. The highest BCUT2D eigenvalue weighted by molar-refractivity contribution is 5.82. The summed E-state index contributed by atoms with van der Waals surface area (Å²) in [5.41, 5.74) is 0. The molecule has 0 aromatic carbocycles. The average molecular weight is 299 g/mol. The second-order valence-corrected chi connectivity index (χ2v) is 5.89. The number of carbonyl (C=O) groups excluding carboxylic acids is 1. The fourth-order valence-corrected chi connectivity index (χ4v) is 3.04. The van der Waals surface area contributed by atoms with Gasteiger partial charge in [-0.15, -0.1) is 5.10 Å². The third-order valence-electron chi connectivity index (χ3n) is 4.25. The van der Waals surface area contributed by atoms with E-state index in [1.807, 2.05) is 6.20 Å². The fraction of sp³-hybridized carbons (Fsp3) is 0.769. The average Bonchev–Trinajstić information content (AvgIpc) is 3.08. The smallest absolute Gasteiger partial charge is 0.262 e. The van der Waals surface area contributed by atoms with Gasteiger partial charge in [0.25, 0.3) is 5.92 Å². The number of nitrogens with zero attached hydrogens (tertiary/aromatic N) is 4. The standard InChI is InChI=1S/C13H19F2N5O/c14-13(15)7-11(16-9-13)12(21)19-4-1-10(2-5-19)8-20-6-3-17-18-20/h3,6,10-11,16H,1-2,4-5,7-9H2. The maximum Gasteiger partial charge on any atom is 0.262 e. The van der Waals surface area contributed by atoms with Crippen molar-refractivity contribution in [2.24, 2.45) is 5.92 Å². The lowest BCUT2D eigenvalue weighted by molar-refractivity contribution is -0.135. The number of piperidine rings is 1. The lowest BCUT2D eigenvalue weighted by Crippen LogP contribution is -2.47. The zero-order chi connectivity index (χ0) is 14.9. The molecule has 1 aromatic heterocycles. The SMILES string of the molecule is O=C(C1CC(F)(F)CN1)N1CCC(Cn2ccnn2)CC1. The first-order valence-corrected chi connectivity index (χ1v) is 7.28. The number of carbonyl (C=O) groups is 1. The molecule has 2 aliphatic heterocycles. The molecule has 2 aliphatic rings. The van der Waals surface area contributed by atoms with Crippen LogP contribution >= 0.6 is 0 Å². The molecule has 1 aromatic rings. The van der Waals surface area contributed by atoms with Gasteiger partial charge in [-0.3, -0.25) is 14.8 Å². The summed E-state index contributed by atoms with van der Waals surface area (Å²) in [7, 11) is 0. The number of likely N-dealkylation sites (tertiary alicyclic amines) is 1. The Labute approximate surface area is 121 Å². The molecule has 1 amide bonds. The zero-order valence-electron chi connectivity index (χ0n) is 11.7. The highest BCUT2D eigenvalue weighted by Gasteiger charge is 2.43. The second kappa shape index (κ2) is 5.67. The second-order valence-electron chi connectivity index (χ2n) is 5.89. The van der Waals surface area contributed by atoms with Gasteiger partial charge >= 0.3 is 0 Å². The van der Waals surface area contributed by atoms with Crippen LogP contribution in [0.4, 0.5) is 8.78 Å². The molecule has 1 atom stereocenters. The van der Waals surface area contributed by atoms with Gasteiger partial charge < -0.3 is 4.90 Å². The maximum atomic E-state index is 13.1. The van der Waals surface area contributed by atoms with Crippen molar-refractivity contribution < 1.29 is 13.6 Å². The van der Waals surface area contributed by atoms with Crippen molar-refractivity contribution in [1.82, 2.24) is 25.2 Å². The lowest BCUT2D eigenvalue weighted by Gasteiger charge is -2.33. The van der Waals surface area contributed by atoms with Crippen LogP contribution in [-0.4, -0.2) is 57.4 Å². The van der Waals surface area contributed by atoms with Crippen LogP contribution in [0.2, 0.25) is 0 Å². The van der Waals surface area contributed by atoms with Gasteiger partial charge in [0.1, 0.15) is 0 Å². The Kier molecular flexibility index (Phi) is 3.88. The number of nitrogens with one attached hydrogen (secondary N) is 1. The molecule has 0 bridgehead atoms. The number of alkyl halides is 2. The first-order valence-electron chi connectivity index (χ1n) is 7.28.